The van der Waals surface area contributed by atoms with E-state index in [9.17, 15) is 9.59 Å². The van der Waals surface area contributed by atoms with Crippen LogP contribution in [0.5, 0.6) is 0 Å². The van der Waals surface area contributed by atoms with E-state index in [1.54, 1.807) is 25.9 Å². The van der Waals surface area contributed by atoms with E-state index >= 15 is 0 Å². The second-order valence-corrected chi connectivity index (χ2v) is 10.2. The molecule has 1 aliphatic heterocycles. The Hall–Kier alpha value is -4.14. The lowest BCUT2D eigenvalue weighted by atomic mass is 10.1. The SMILES string of the molecule is CNC(=O)c1ccccc1Sc1ccc2c(c1)CN=C2C#Cc1cccc(NC(=O)NCCOCCOCCOC)c1. The molecule has 0 saturated heterocycles. The van der Waals surface area contributed by atoms with Crippen LogP contribution in [-0.2, 0) is 20.8 Å². The van der Waals surface area contributed by atoms with Crippen LogP contribution in [0.25, 0.3) is 0 Å². The van der Waals surface area contributed by atoms with Crippen LogP contribution >= 0.6 is 11.8 Å². The number of ether oxygens (including phenoxy) is 3. The largest absolute Gasteiger partial charge is 0.382 e. The molecule has 3 N–H and O–H groups in total. The number of benzene rings is 3. The van der Waals surface area contributed by atoms with Crippen molar-refractivity contribution in [2.45, 2.75) is 16.3 Å². The van der Waals surface area contributed by atoms with Crippen molar-refractivity contribution in [2.75, 3.05) is 59.1 Å². The van der Waals surface area contributed by atoms with Gasteiger partial charge in [-0.1, -0.05) is 41.9 Å². The summed E-state index contributed by atoms with van der Waals surface area (Å²) in [5.74, 6) is 6.24. The molecule has 9 nitrogen and oxygen atoms in total. The number of carbonyl (C=O) groups excluding carboxylic acids is 2. The number of carbonyl (C=O) groups is 2. The van der Waals surface area contributed by atoms with Crippen LogP contribution in [0.2, 0.25) is 0 Å². The fraction of sp³-hybridized carbons (Fsp3) is 0.281. The van der Waals surface area contributed by atoms with Crippen LogP contribution in [-0.4, -0.2) is 71.4 Å². The first-order valence-electron chi connectivity index (χ1n) is 13.6. The van der Waals surface area contributed by atoms with Crippen LogP contribution in [0.4, 0.5) is 10.5 Å². The lowest BCUT2D eigenvalue weighted by molar-refractivity contribution is 0.0260. The Morgan fingerprint density at radius 1 is 0.929 bits per heavy atom. The number of fused-ring (bicyclic) bond motifs is 1. The smallest absolute Gasteiger partial charge is 0.319 e. The Morgan fingerprint density at radius 3 is 2.57 bits per heavy atom. The molecule has 0 radical (unpaired) electrons. The third-order valence-corrected chi connectivity index (χ3v) is 7.17. The van der Waals surface area contributed by atoms with Gasteiger partial charge in [-0.3, -0.25) is 9.79 Å². The molecule has 1 heterocycles. The number of hydrogen-bond acceptors (Lipinski definition) is 7. The number of urea groups is 1. The minimum absolute atomic E-state index is 0.110. The van der Waals surface area contributed by atoms with E-state index < -0.39 is 0 Å². The molecule has 0 aromatic heterocycles. The maximum atomic E-state index is 12.3. The fourth-order valence-electron chi connectivity index (χ4n) is 4.04. The first-order chi connectivity index (χ1) is 20.6. The van der Waals surface area contributed by atoms with E-state index in [0.29, 0.717) is 57.4 Å². The van der Waals surface area contributed by atoms with Gasteiger partial charge in [0, 0.05) is 47.3 Å². The topological polar surface area (TPSA) is 110 Å². The highest BCUT2D eigenvalue weighted by Gasteiger charge is 2.16. The average Bonchev–Trinajstić information content (AvgIpc) is 3.41. The van der Waals surface area contributed by atoms with Crippen molar-refractivity contribution in [3.63, 3.8) is 0 Å². The third-order valence-electron chi connectivity index (χ3n) is 6.11. The molecule has 10 heteroatoms. The third kappa shape index (κ3) is 9.19. The molecule has 0 aliphatic carbocycles. The lowest BCUT2D eigenvalue weighted by Crippen LogP contribution is -2.31. The quantitative estimate of drug-likeness (QED) is 0.203. The number of amides is 3. The average molecular weight is 587 g/mol. The summed E-state index contributed by atoms with van der Waals surface area (Å²) < 4.78 is 15.7. The normalized spacial score (nSPS) is 11.6. The molecule has 0 saturated carbocycles. The van der Waals surface area contributed by atoms with E-state index in [-0.39, 0.29) is 11.9 Å². The van der Waals surface area contributed by atoms with Crippen molar-refractivity contribution in [2.24, 2.45) is 4.99 Å². The molecule has 3 aromatic rings. The zero-order valence-corrected chi connectivity index (χ0v) is 24.5. The van der Waals surface area contributed by atoms with E-state index in [1.807, 2.05) is 60.7 Å². The predicted molar refractivity (Wildman–Crippen MR) is 164 cm³/mol. The van der Waals surface area contributed by atoms with Gasteiger partial charge in [-0.25, -0.2) is 4.79 Å². The number of aliphatic imine (C=N–C) groups is 1. The second-order valence-electron chi connectivity index (χ2n) is 9.09. The van der Waals surface area contributed by atoms with Crippen molar-refractivity contribution in [3.05, 3.63) is 89.0 Å². The van der Waals surface area contributed by atoms with Crippen LogP contribution in [0, 0.1) is 11.8 Å². The minimum Gasteiger partial charge on any atom is -0.382 e. The van der Waals surface area contributed by atoms with Crippen molar-refractivity contribution in [3.8, 4) is 11.8 Å². The van der Waals surface area contributed by atoms with Gasteiger partial charge in [-0.05, 0) is 53.9 Å². The highest BCUT2D eigenvalue weighted by atomic mass is 32.2. The van der Waals surface area contributed by atoms with Crippen molar-refractivity contribution >= 4 is 35.1 Å². The van der Waals surface area contributed by atoms with Gasteiger partial charge < -0.3 is 30.2 Å². The molecule has 3 amide bonds. The van der Waals surface area contributed by atoms with Gasteiger partial charge in [0.1, 0.15) is 5.71 Å². The molecule has 0 fully saturated rings. The molecule has 1 aliphatic rings. The van der Waals surface area contributed by atoms with Crippen LogP contribution in [0.15, 0.2) is 81.5 Å². The molecular weight excluding hydrogens is 552 g/mol. The Labute approximate surface area is 250 Å². The summed E-state index contributed by atoms with van der Waals surface area (Å²) in [6.07, 6.45) is 0. The Kier molecular flexibility index (Phi) is 12.0. The standard InChI is InChI=1S/C32H34N4O5S/c1-33-31(37)28-8-3-4-9-30(28)42-26-11-12-27-24(21-26)22-35-29(27)13-10-23-6-5-7-25(20-23)36-32(38)34-14-15-40-18-19-41-17-16-39-2/h3-9,11-12,20-21H,14-19,22H2,1-2H3,(H,33,37)(H2,34,36,38). The van der Waals surface area contributed by atoms with Gasteiger partial charge in [0.15, 0.2) is 0 Å². The van der Waals surface area contributed by atoms with E-state index in [2.05, 4.69) is 38.9 Å². The maximum Gasteiger partial charge on any atom is 0.319 e. The predicted octanol–water partition coefficient (Wildman–Crippen LogP) is 4.35. The summed E-state index contributed by atoms with van der Waals surface area (Å²) in [7, 11) is 3.26. The monoisotopic (exact) mass is 586 g/mol. The zero-order chi connectivity index (χ0) is 29.6. The zero-order valence-electron chi connectivity index (χ0n) is 23.7. The summed E-state index contributed by atoms with van der Waals surface area (Å²) in [5, 5.41) is 8.29. The van der Waals surface area contributed by atoms with Gasteiger partial charge in [0.25, 0.3) is 5.91 Å². The Balaban J connectivity index is 1.28. The van der Waals surface area contributed by atoms with Gasteiger partial charge in [-0.2, -0.15) is 0 Å². The van der Waals surface area contributed by atoms with Crippen molar-refractivity contribution < 1.29 is 23.8 Å². The number of methoxy groups -OCH3 is 1. The first kappa shape index (κ1) is 30.8. The maximum absolute atomic E-state index is 12.3. The van der Waals surface area contributed by atoms with E-state index in [4.69, 9.17) is 14.2 Å². The number of rotatable bonds is 13. The Morgan fingerprint density at radius 2 is 1.74 bits per heavy atom. The number of anilines is 1. The molecule has 218 valence electrons. The fourth-order valence-corrected chi connectivity index (χ4v) is 5.05. The van der Waals surface area contributed by atoms with Gasteiger partial charge in [-0.15, -0.1) is 0 Å². The van der Waals surface area contributed by atoms with Crippen LogP contribution < -0.4 is 16.0 Å². The minimum atomic E-state index is -0.319. The first-order valence-corrected chi connectivity index (χ1v) is 14.4. The lowest BCUT2D eigenvalue weighted by Gasteiger charge is -2.09. The second kappa shape index (κ2) is 16.3. The molecule has 0 unspecified atom stereocenters. The molecule has 4 rings (SSSR count). The van der Waals surface area contributed by atoms with Crippen LogP contribution in [0.1, 0.15) is 27.0 Å². The molecule has 0 bridgehead atoms. The van der Waals surface area contributed by atoms with Crippen molar-refractivity contribution in [1.29, 1.82) is 0 Å². The van der Waals surface area contributed by atoms with E-state index in [1.165, 1.54) is 0 Å². The molecule has 3 aromatic carbocycles. The number of nitrogens with one attached hydrogen (secondary N) is 3. The summed E-state index contributed by atoms with van der Waals surface area (Å²) in [6, 6.07) is 20.7. The molecular formula is C32H34N4O5S. The summed E-state index contributed by atoms with van der Waals surface area (Å²) in [4.78, 5) is 31.0. The number of hydrogen-bond donors (Lipinski definition) is 3. The van der Waals surface area contributed by atoms with E-state index in [0.717, 1.165) is 32.2 Å². The highest BCUT2D eigenvalue weighted by molar-refractivity contribution is 7.99. The summed E-state index contributed by atoms with van der Waals surface area (Å²) in [6.45, 7) is 3.34. The highest BCUT2D eigenvalue weighted by Crippen LogP contribution is 2.33. The van der Waals surface area contributed by atoms with Gasteiger partial charge >= 0.3 is 6.03 Å². The molecule has 0 atom stereocenters. The summed E-state index contributed by atoms with van der Waals surface area (Å²) in [5.41, 5.74) is 4.87. The molecule has 0 spiro atoms. The van der Waals surface area contributed by atoms with Crippen LogP contribution in [0.3, 0.4) is 0 Å². The van der Waals surface area contributed by atoms with Crippen molar-refractivity contribution in [1.82, 2.24) is 10.6 Å². The summed E-state index contributed by atoms with van der Waals surface area (Å²) >= 11 is 1.55. The van der Waals surface area contributed by atoms with Gasteiger partial charge in [0.2, 0.25) is 0 Å². The number of nitrogens with zero attached hydrogens (tertiary/aromatic N) is 1. The molecule has 42 heavy (non-hydrogen) atoms. The Bertz CT molecular complexity index is 1480. The van der Waals surface area contributed by atoms with Gasteiger partial charge in [0.05, 0.1) is 45.1 Å².